The molecule has 0 atom stereocenters. The third-order valence-electron chi connectivity index (χ3n) is 2.15. The predicted octanol–water partition coefficient (Wildman–Crippen LogP) is 2.21. The highest BCUT2D eigenvalue weighted by atomic mass is 19.2. The van der Waals surface area contributed by atoms with E-state index in [9.17, 15) is 18.0 Å². The molecule has 0 heterocycles. The van der Waals surface area contributed by atoms with Crippen molar-refractivity contribution in [3.05, 3.63) is 42.2 Å². The Kier molecular flexibility index (Phi) is 5.23. The van der Waals surface area contributed by atoms with E-state index in [1.54, 1.807) is 0 Å². The summed E-state index contributed by atoms with van der Waals surface area (Å²) < 4.78 is 38.7. The lowest BCUT2D eigenvalue weighted by Crippen LogP contribution is -2.25. The molecule has 0 unspecified atom stereocenters. The average molecular weight is 258 g/mol. The standard InChI is InChI=1S/C12H13F3N2O/c1-2-6-17-10(18)5-7-16-9-4-3-8(13)11(14)12(9)15/h2-4,16H,1,5-7H2,(H,17,18). The second kappa shape index (κ2) is 6.68. The highest BCUT2D eigenvalue weighted by molar-refractivity contribution is 5.76. The zero-order valence-electron chi connectivity index (χ0n) is 9.60. The summed E-state index contributed by atoms with van der Waals surface area (Å²) in [5.74, 6) is -4.32. The van der Waals surface area contributed by atoms with E-state index < -0.39 is 17.5 Å². The fourth-order valence-electron chi connectivity index (χ4n) is 1.25. The topological polar surface area (TPSA) is 41.1 Å². The minimum absolute atomic E-state index is 0.0896. The molecule has 0 bridgehead atoms. The molecule has 1 rings (SSSR count). The van der Waals surface area contributed by atoms with E-state index in [1.807, 2.05) is 0 Å². The van der Waals surface area contributed by atoms with Crippen molar-refractivity contribution in [2.24, 2.45) is 0 Å². The summed E-state index contributed by atoms with van der Waals surface area (Å²) in [4.78, 5) is 11.2. The van der Waals surface area contributed by atoms with E-state index in [0.717, 1.165) is 12.1 Å². The molecule has 2 N–H and O–H groups in total. The van der Waals surface area contributed by atoms with Crippen LogP contribution >= 0.6 is 0 Å². The van der Waals surface area contributed by atoms with Crippen LogP contribution in [-0.4, -0.2) is 19.0 Å². The third-order valence-corrected chi connectivity index (χ3v) is 2.15. The molecule has 0 spiro atoms. The fraction of sp³-hybridized carbons (Fsp3) is 0.250. The first-order valence-electron chi connectivity index (χ1n) is 5.31. The van der Waals surface area contributed by atoms with E-state index in [2.05, 4.69) is 17.2 Å². The average Bonchev–Trinajstić information content (AvgIpc) is 2.36. The molecule has 0 aliphatic heterocycles. The Balaban J connectivity index is 2.47. The van der Waals surface area contributed by atoms with Crippen molar-refractivity contribution in [3.63, 3.8) is 0 Å². The fourth-order valence-corrected chi connectivity index (χ4v) is 1.25. The van der Waals surface area contributed by atoms with Gasteiger partial charge in [0.1, 0.15) is 0 Å². The molecule has 0 radical (unpaired) electrons. The normalized spacial score (nSPS) is 9.94. The highest BCUT2D eigenvalue weighted by Crippen LogP contribution is 2.19. The van der Waals surface area contributed by atoms with Gasteiger partial charge in [0.15, 0.2) is 17.5 Å². The molecular weight excluding hydrogens is 245 g/mol. The number of hydrogen-bond acceptors (Lipinski definition) is 2. The Morgan fingerprint density at radius 2 is 2.00 bits per heavy atom. The van der Waals surface area contributed by atoms with Crippen LogP contribution in [0, 0.1) is 17.5 Å². The largest absolute Gasteiger partial charge is 0.382 e. The lowest BCUT2D eigenvalue weighted by atomic mass is 10.2. The number of halogens is 3. The smallest absolute Gasteiger partial charge is 0.222 e. The van der Waals surface area contributed by atoms with Gasteiger partial charge in [-0.25, -0.2) is 13.2 Å². The predicted molar refractivity (Wildman–Crippen MR) is 62.6 cm³/mol. The summed E-state index contributed by atoms with van der Waals surface area (Å²) in [6, 6.07) is 1.90. The molecule has 6 heteroatoms. The number of amides is 1. The van der Waals surface area contributed by atoms with Crippen molar-refractivity contribution in [1.29, 1.82) is 0 Å². The van der Waals surface area contributed by atoms with Gasteiger partial charge in [0, 0.05) is 19.5 Å². The quantitative estimate of drug-likeness (QED) is 0.606. The lowest BCUT2D eigenvalue weighted by molar-refractivity contribution is -0.120. The first-order chi connectivity index (χ1) is 8.56. The van der Waals surface area contributed by atoms with Gasteiger partial charge in [0.2, 0.25) is 5.91 Å². The van der Waals surface area contributed by atoms with Crippen LogP contribution in [0.2, 0.25) is 0 Å². The van der Waals surface area contributed by atoms with E-state index >= 15 is 0 Å². The van der Waals surface area contributed by atoms with Crippen LogP contribution in [0.15, 0.2) is 24.8 Å². The number of nitrogens with one attached hydrogen (secondary N) is 2. The van der Waals surface area contributed by atoms with Gasteiger partial charge in [0.25, 0.3) is 0 Å². The molecule has 1 amide bonds. The minimum Gasteiger partial charge on any atom is -0.382 e. The van der Waals surface area contributed by atoms with Crippen molar-refractivity contribution < 1.29 is 18.0 Å². The summed E-state index contributed by atoms with van der Waals surface area (Å²) in [5.41, 5.74) is -0.176. The monoisotopic (exact) mass is 258 g/mol. The molecule has 0 aliphatic rings. The van der Waals surface area contributed by atoms with Crippen LogP contribution in [0.4, 0.5) is 18.9 Å². The van der Waals surface area contributed by atoms with Crippen LogP contribution in [0.25, 0.3) is 0 Å². The van der Waals surface area contributed by atoms with Crippen molar-refractivity contribution in [2.75, 3.05) is 18.4 Å². The zero-order chi connectivity index (χ0) is 13.5. The Labute approximate surface area is 103 Å². The molecule has 0 saturated heterocycles. The number of carbonyl (C=O) groups excluding carboxylic acids is 1. The maximum Gasteiger partial charge on any atom is 0.222 e. The molecule has 0 saturated carbocycles. The maximum atomic E-state index is 13.2. The van der Waals surface area contributed by atoms with Crippen molar-refractivity contribution in [3.8, 4) is 0 Å². The molecular formula is C12H13F3N2O. The van der Waals surface area contributed by atoms with E-state index in [0.29, 0.717) is 6.54 Å². The van der Waals surface area contributed by atoms with Crippen LogP contribution in [0.5, 0.6) is 0 Å². The minimum atomic E-state index is -1.53. The summed E-state index contributed by atoms with van der Waals surface area (Å²) in [6.07, 6.45) is 1.62. The lowest BCUT2D eigenvalue weighted by Gasteiger charge is -2.08. The Bertz CT molecular complexity index is 449. The first-order valence-corrected chi connectivity index (χ1v) is 5.31. The van der Waals surface area contributed by atoms with Gasteiger partial charge >= 0.3 is 0 Å². The summed E-state index contributed by atoms with van der Waals surface area (Å²) in [7, 11) is 0. The van der Waals surface area contributed by atoms with E-state index in [1.165, 1.54) is 6.08 Å². The highest BCUT2D eigenvalue weighted by Gasteiger charge is 2.12. The van der Waals surface area contributed by atoms with Gasteiger partial charge in [-0.1, -0.05) is 6.08 Å². The van der Waals surface area contributed by atoms with Crippen molar-refractivity contribution in [2.45, 2.75) is 6.42 Å². The molecule has 18 heavy (non-hydrogen) atoms. The Morgan fingerprint density at radius 3 is 2.67 bits per heavy atom. The number of anilines is 1. The molecule has 3 nitrogen and oxygen atoms in total. The number of carbonyl (C=O) groups is 1. The van der Waals surface area contributed by atoms with Crippen molar-refractivity contribution >= 4 is 11.6 Å². The SMILES string of the molecule is C=CCNC(=O)CCNc1ccc(F)c(F)c1F. The van der Waals surface area contributed by atoms with Gasteiger partial charge in [-0.15, -0.1) is 6.58 Å². The molecule has 0 aliphatic carbocycles. The molecule has 98 valence electrons. The summed E-state index contributed by atoms with van der Waals surface area (Å²) in [6.45, 7) is 3.89. The third kappa shape index (κ3) is 3.80. The Hall–Kier alpha value is -1.98. The van der Waals surface area contributed by atoms with Crippen LogP contribution in [0.3, 0.4) is 0 Å². The number of hydrogen-bond donors (Lipinski definition) is 2. The molecule has 0 aromatic heterocycles. The van der Waals surface area contributed by atoms with E-state index in [-0.39, 0.29) is 24.6 Å². The van der Waals surface area contributed by atoms with Gasteiger partial charge in [-0.3, -0.25) is 4.79 Å². The second-order valence-corrected chi connectivity index (χ2v) is 3.49. The van der Waals surface area contributed by atoms with Gasteiger partial charge in [0.05, 0.1) is 5.69 Å². The number of rotatable bonds is 6. The first kappa shape index (κ1) is 14.1. The van der Waals surface area contributed by atoms with E-state index in [4.69, 9.17) is 0 Å². The summed E-state index contributed by atoms with van der Waals surface area (Å²) >= 11 is 0. The van der Waals surface area contributed by atoms with Gasteiger partial charge in [-0.2, -0.15) is 0 Å². The zero-order valence-corrected chi connectivity index (χ0v) is 9.60. The van der Waals surface area contributed by atoms with Gasteiger partial charge in [-0.05, 0) is 12.1 Å². The Morgan fingerprint density at radius 1 is 1.28 bits per heavy atom. The van der Waals surface area contributed by atoms with Crippen LogP contribution < -0.4 is 10.6 Å². The molecule has 1 aromatic rings. The molecule has 0 fully saturated rings. The summed E-state index contributed by atoms with van der Waals surface area (Å²) in [5, 5.41) is 5.05. The second-order valence-electron chi connectivity index (χ2n) is 3.49. The van der Waals surface area contributed by atoms with Crippen molar-refractivity contribution in [1.82, 2.24) is 5.32 Å². The number of benzene rings is 1. The van der Waals surface area contributed by atoms with Gasteiger partial charge < -0.3 is 10.6 Å². The van der Waals surface area contributed by atoms with Crippen LogP contribution in [-0.2, 0) is 4.79 Å². The van der Waals surface area contributed by atoms with Crippen LogP contribution in [0.1, 0.15) is 6.42 Å². The maximum absolute atomic E-state index is 13.2. The molecule has 1 aromatic carbocycles.